The van der Waals surface area contributed by atoms with Gasteiger partial charge in [0, 0.05) is 31.4 Å². The highest BCUT2D eigenvalue weighted by Gasteiger charge is 2.17. The number of aromatic nitrogens is 2. The number of anilines is 1. The fraction of sp³-hybridized carbons (Fsp3) is 0.300. The van der Waals surface area contributed by atoms with E-state index in [0.717, 1.165) is 31.7 Å². The number of H-pyrrole nitrogens is 1. The van der Waals surface area contributed by atoms with Crippen LogP contribution in [0.5, 0.6) is 0 Å². The second kappa shape index (κ2) is 7.07. The summed E-state index contributed by atoms with van der Waals surface area (Å²) in [5.41, 5.74) is 3.74. The number of rotatable bonds is 5. The molecule has 134 valence electrons. The number of benzene rings is 1. The van der Waals surface area contributed by atoms with Crippen LogP contribution in [0, 0.1) is 6.92 Å². The highest BCUT2D eigenvalue weighted by Crippen LogP contribution is 2.26. The highest BCUT2D eigenvalue weighted by molar-refractivity contribution is 5.93. The lowest BCUT2D eigenvalue weighted by molar-refractivity contribution is 0.0949. The molecule has 0 atom stereocenters. The lowest BCUT2D eigenvalue weighted by Crippen LogP contribution is -2.37. The van der Waals surface area contributed by atoms with E-state index < -0.39 is 0 Å². The van der Waals surface area contributed by atoms with Crippen molar-refractivity contribution < 1.29 is 9.21 Å². The Balaban J connectivity index is 1.34. The molecular formula is C20H22N4O2. The van der Waals surface area contributed by atoms with E-state index in [1.807, 2.05) is 19.1 Å². The van der Waals surface area contributed by atoms with Crippen LogP contribution in [0.15, 0.2) is 46.9 Å². The molecule has 1 aromatic carbocycles. The molecule has 0 saturated carbocycles. The molecule has 3 aromatic rings. The summed E-state index contributed by atoms with van der Waals surface area (Å²) in [5.74, 6) is 1.32. The Labute approximate surface area is 152 Å². The number of para-hydroxylation sites is 1. The fourth-order valence-electron chi connectivity index (χ4n) is 3.38. The number of carbonyl (C=O) groups is 1. The summed E-state index contributed by atoms with van der Waals surface area (Å²) in [6, 6.07) is 13.9. The van der Waals surface area contributed by atoms with Crippen LogP contribution >= 0.6 is 0 Å². The van der Waals surface area contributed by atoms with Crippen LogP contribution in [0.2, 0.25) is 0 Å². The van der Waals surface area contributed by atoms with Crippen LogP contribution in [0.1, 0.15) is 28.2 Å². The summed E-state index contributed by atoms with van der Waals surface area (Å²) in [4.78, 5) is 14.7. The maximum Gasteiger partial charge on any atom is 0.271 e. The summed E-state index contributed by atoms with van der Waals surface area (Å²) in [5, 5.41) is 9.90. The molecule has 6 nitrogen and oxygen atoms in total. The van der Waals surface area contributed by atoms with Gasteiger partial charge in [-0.1, -0.05) is 18.2 Å². The number of aromatic amines is 1. The molecule has 2 N–H and O–H groups in total. The van der Waals surface area contributed by atoms with E-state index in [1.165, 1.54) is 11.3 Å². The van der Waals surface area contributed by atoms with E-state index >= 15 is 0 Å². The quantitative estimate of drug-likeness (QED) is 0.741. The van der Waals surface area contributed by atoms with Crippen LogP contribution < -0.4 is 10.2 Å². The number of nitrogens with zero attached hydrogens (tertiary/aromatic N) is 2. The largest absolute Gasteiger partial charge is 0.460 e. The normalized spacial score (nSPS) is 13.5. The molecule has 0 spiro atoms. The molecule has 0 saturated heterocycles. The second-order valence-corrected chi connectivity index (χ2v) is 6.55. The summed E-state index contributed by atoms with van der Waals surface area (Å²) >= 11 is 0. The van der Waals surface area contributed by atoms with Crippen molar-refractivity contribution >= 4 is 11.6 Å². The smallest absolute Gasteiger partial charge is 0.271 e. The van der Waals surface area contributed by atoms with Crippen molar-refractivity contribution in [3.63, 3.8) is 0 Å². The first-order valence-corrected chi connectivity index (χ1v) is 8.94. The predicted molar refractivity (Wildman–Crippen MR) is 100 cm³/mol. The van der Waals surface area contributed by atoms with E-state index in [1.54, 1.807) is 6.07 Å². The van der Waals surface area contributed by atoms with Crippen molar-refractivity contribution in [2.24, 2.45) is 0 Å². The zero-order valence-electron chi connectivity index (χ0n) is 14.8. The SMILES string of the molecule is Cc1ccc(-c2cc(C(=O)NCCN3CCCc4ccccc43)n[nH]2)o1. The number of hydrogen-bond acceptors (Lipinski definition) is 4. The van der Waals surface area contributed by atoms with Crippen LogP contribution in [0.4, 0.5) is 5.69 Å². The van der Waals surface area contributed by atoms with Gasteiger partial charge in [-0.15, -0.1) is 0 Å². The van der Waals surface area contributed by atoms with Crippen LogP contribution in [0.25, 0.3) is 11.5 Å². The van der Waals surface area contributed by atoms with Crippen molar-refractivity contribution in [2.75, 3.05) is 24.5 Å². The number of aryl methyl sites for hydroxylation is 2. The molecule has 4 rings (SSSR count). The van der Waals surface area contributed by atoms with Crippen molar-refractivity contribution in [1.82, 2.24) is 15.5 Å². The van der Waals surface area contributed by atoms with E-state index in [2.05, 4.69) is 44.7 Å². The Hall–Kier alpha value is -3.02. The van der Waals surface area contributed by atoms with Gasteiger partial charge in [-0.2, -0.15) is 5.10 Å². The summed E-state index contributed by atoms with van der Waals surface area (Å²) < 4.78 is 5.55. The maximum atomic E-state index is 12.3. The fourth-order valence-corrected chi connectivity index (χ4v) is 3.38. The molecule has 1 amide bonds. The number of furan rings is 1. The Kier molecular flexibility index (Phi) is 4.48. The lowest BCUT2D eigenvalue weighted by Gasteiger charge is -2.31. The minimum Gasteiger partial charge on any atom is -0.460 e. The molecule has 2 aromatic heterocycles. The third kappa shape index (κ3) is 3.35. The van der Waals surface area contributed by atoms with Gasteiger partial charge in [0.25, 0.3) is 5.91 Å². The zero-order chi connectivity index (χ0) is 17.9. The number of fused-ring (bicyclic) bond motifs is 1. The number of amides is 1. The molecule has 6 heteroatoms. The third-order valence-electron chi connectivity index (χ3n) is 4.69. The van der Waals surface area contributed by atoms with Gasteiger partial charge in [-0.3, -0.25) is 9.89 Å². The topological polar surface area (TPSA) is 74.2 Å². The van der Waals surface area contributed by atoms with Gasteiger partial charge >= 0.3 is 0 Å². The lowest BCUT2D eigenvalue weighted by atomic mass is 10.0. The molecule has 0 bridgehead atoms. The molecule has 26 heavy (non-hydrogen) atoms. The van der Waals surface area contributed by atoms with E-state index in [0.29, 0.717) is 23.7 Å². The molecule has 0 fully saturated rings. The van der Waals surface area contributed by atoms with Crippen LogP contribution in [0.3, 0.4) is 0 Å². The highest BCUT2D eigenvalue weighted by atomic mass is 16.3. The molecule has 0 radical (unpaired) electrons. The van der Waals surface area contributed by atoms with Gasteiger partial charge in [-0.25, -0.2) is 0 Å². The molecular weight excluding hydrogens is 328 g/mol. The Bertz CT molecular complexity index is 912. The monoisotopic (exact) mass is 350 g/mol. The average molecular weight is 350 g/mol. The number of nitrogens with one attached hydrogen (secondary N) is 2. The minimum atomic E-state index is -0.180. The average Bonchev–Trinajstić information content (AvgIpc) is 3.31. The summed E-state index contributed by atoms with van der Waals surface area (Å²) in [6.45, 7) is 4.27. The van der Waals surface area contributed by atoms with Crippen molar-refractivity contribution in [3.8, 4) is 11.5 Å². The zero-order valence-corrected chi connectivity index (χ0v) is 14.8. The van der Waals surface area contributed by atoms with Gasteiger partial charge < -0.3 is 14.6 Å². The third-order valence-corrected chi connectivity index (χ3v) is 4.69. The number of carbonyl (C=O) groups excluding carboxylic acids is 1. The molecule has 0 unspecified atom stereocenters. The van der Waals surface area contributed by atoms with Crippen molar-refractivity contribution in [3.05, 3.63) is 59.5 Å². The Morgan fingerprint density at radius 1 is 1.31 bits per heavy atom. The van der Waals surface area contributed by atoms with E-state index in [9.17, 15) is 4.79 Å². The van der Waals surface area contributed by atoms with Crippen molar-refractivity contribution in [1.29, 1.82) is 0 Å². The predicted octanol–water partition coefficient (Wildman–Crippen LogP) is 3.16. The molecule has 0 aliphatic carbocycles. The Morgan fingerprint density at radius 3 is 3.04 bits per heavy atom. The second-order valence-electron chi connectivity index (χ2n) is 6.55. The summed E-state index contributed by atoms with van der Waals surface area (Å²) in [7, 11) is 0. The van der Waals surface area contributed by atoms with E-state index in [-0.39, 0.29) is 5.91 Å². The minimum absolute atomic E-state index is 0.180. The first kappa shape index (κ1) is 16.4. The van der Waals surface area contributed by atoms with Gasteiger partial charge in [0.2, 0.25) is 0 Å². The first-order valence-electron chi connectivity index (χ1n) is 8.94. The maximum absolute atomic E-state index is 12.3. The van der Waals surface area contributed by atoms with Gasteiger partial charge in [-0.05, 0) is 43.5 Å². The molecule has 1 aliphatic heterocycles. The van der Waals surface area contributed by atoms with Gasteiger partial charge in [0.1, 0.15) is 11.5 Å². The molecule has 1 aliphatic rings. The van der Waals surface area contributed by atoms with Crippen LogP contribution in [-0.4, -0.2) is 35.7 Å². The first-order chi connectivity index (χ1) is 12.7. The Morgan fingerprint density at radius 2 is 2.19 bits per heavy atom. The van der Waals surface area contributed by atoms with Crippen molar-refractivity contribution in [2.45, 2.75) is 19.8 Å². The standard InChI is InChI=1S/C20H22N4O2/c1-14-8-9-19(26-14)16-13-17(23-22-16)20(25)21-10-12-24-11-4-6-15-5-2-3-7-18(15)24/h2-3,5,7-9,13H,4,6,10-12H2,1H3,(H,21,25)(H,22,23). The van der Waals surface area contributed by atoms with E-state index in [4.69, 9.17) is 4.42 Å². The van der Waals surface area contributed by atoms with Gasteiger partial charge in [0.05, 0.1) is 0 Å². The molecule has 3 heterocycles. The summed E-state index contributed by atoms with van der Waals surface area (Å²) in [6.07, 6.45) is 2.28. The number of hydrogen-bond donors (Lipinski definition) is 2. The van der Waals surface area contributed by atoms with Crippen LogP contribution in [-0.2, 0) is 6.42 Å². The van der Waals surface area contributed by atoms with Gasteiger partial charge in [0.15, 0.2) is 11.5 Å².